The predicted octanol–water partition coefficient (Wildman–Crippen LogP) is 3.35. The van der Waals surface area contributed by atoms with Gasteiger partial charge in [-0.3, -0.25) is 9.59 Å². The molecule has 2 rings (SSSR count). The van der Waals surface area contributed by atoms with E-state index in [0.29, 0.717) is 5.56 Å². The highest BCUT2D eigenvalue weighted by Gasteiger charge is 2.24. The van der Waals surface area contributed by atoms with Crippen LogP contribution in [0.15, 0.2) is 64.2 Å². The van der Waals surface area contributed by atoms with Gasteiger partial charge >= 0.3 is 0 Å². The van der Waals surface area contributed by atoms with Crippen LogP contribution in [0.1, 0.15) is 29.8 Å². The maximum Gasteiger partial charge on any atom is 0.262 e. The number of nitrogens with zero attached hydrogens (tertiary/aromatic N) is 1. The molecule has 0 aromatic heterocycles. The highest BCUT2D eigenvalue weighted by Crippen LogP contribution is 2.09. The van der Waals surface area contributed by atoms with Crippen LogP contribution in [0.3, 0.4) is 0 Å². The summed E-state index contributed by atoms with van der Waals surface area (Å²) >= 11 is 3.36. The van der Waals surface area contributed by atoms with Crippen LogP contribution < -0.4 is 10.7 Å². The summed E-state index contributed by atoms with van der Waals surface area (Å²) < 4.78 is 0.970. The molecule has 0 bridgehead atoms. The van der Waals surface area contributed by atoms with Crippen molar-refractivity contribution < 1.29 is 9.59 Å². The molecule has 0 saturated carbocycles. The van der Waals surface area contributed by atoms with Crippen molar-refractivity contribution in [1.82, 2.24) is 10.7 Å². The van der Waals surface area contributed by atoms with E-state index in [1.807, 2.05) is 44.2 Å². The first kappa shape index (κ1) is 18.9. The summed E-state index contributed by atoms with van der Waals surface area (Å²) in [5.41, 5.74) is 3.86. The Morgan fingerprint density at radius 1 is 1.04 bits per heavy atom. The molecule has 1 atom stereocenters. The maximum atomic E-state index is 12.3. The SMILES string of the molecule is CC(C)C(NC(=O)c1ccccc1)C(=O)NN=Cc1ccc(Br)cc1. The van der Waals surface area contributed by atoms with Crippen molar-refractivity contribution in [2.45, 2.75) is 19.9 Å². The number of rotatable bonds is 6. The Morgan fingerprint density at radius 3 is 2.28 bits per heavy atom. The lowest BCUT2D eigenvalue weighted by molar-refractivity contribution is -0.123. The summed E-state index contributed by atoms with van der Waals surface area (Å²) in [6.45, 7) is 3.74. The molecule has 1 unspecified atom stereocenters. The third-order valence-electron chi connectivity index (χ3n) is 3.53. The number of hydrogen-bond donors (Lipinski definition) is 2. The Bertz CT molecular complexity index is 743. The number of carbonyl (C=O) groups is 2. The molecule has 6 heteroatoms. The van der Waals surface area contributed by atoms with Crippen LogP contribution in [-0.4, -0.2) is 24.1 Å². The molecular weight excluding hydrogens is 382 g/mol. The molecule has 2 aromatic rings. The molecule has 5 nitrogen and oxygen atoms in total. The van der Waals surface area contributed by atoms with E-state index in [1.54, 1.807) is 30.5 Å². The Hall–Kier alpha value is -2.47. The van der Waals surface area contributed by atoms with Crippen LogP contribution in [0.5, 0.6) is 0 Å². The molecule has 25 heavy (non-hydrogen) atoms. The molecule has 2 N–H and O–H groups in total. The number of halogens is 1. The van der Waals surface area contributed by atoms with E-state index in [9.17, 15) is 9.59 Å². The van der Waals surface area contributed by atoms with Gasteiger partial charge in [0.25, 0.3) is 11.8 Å². The standard InChI is InChI=1S/C19H20BrN3O2/c1-13(2)17(22-18(24)15-6-4-3-5-7-15)19(25)23-21-12-14-8-10-16(20)11-9-14/h3-13,17H,1-2H3,(H,22,24)(H,23,25). The summed E-state index contributed by atoms with van der Waals surface area (Å²) in [5, 5.41) is 6.72. The van der Waals surface area contributed by atoms with Gasteiger partial charge in [-0.2, -0.15) is 5.10 Å². The second-order valence-corrected chi connectivity index (χ2v) is 6.76. The Kier molecular flexibility index (Phi) is 6.89. The number of hydrazone groups is 1. The molecule has 0 spiro atoms. The van der Waals surface area contributed by atoms with Crippen LogP contribution in [0.25, 0.3) is 0 Å². The van der Waals surface area contributed by atoms with E-state index in [-0.39, 0.29) is 17.7 Å². The molecule has 2 amide bonds. The van der Waals surface area contributed by atoms with E-state index in [0.717, 1.165) is 10.0 Å². The molecule has 0 fully saturated rings. The monoisotopic (exact) mass is 401 g/mol. The second-order valence-electron chi connectivity index (χ2n) is 5.85. The van der Waals surface area contributed by atoms with Crippen molar-refractivity contribution in [2.24, 2.45) is 11.0 Å². The number of hydrogen-bond acceptors (Lipinski definition) is 3. The van der Waals surface area contributed by atoms with E-state index < -0.39 is 6.04 Å². The summed E-state index contributed by atoms with van der Waals surface area (Å²) in [6.07, 6.45) is 1.56. The summed E-state index contributed by atoms with van der Waals surface area (Å²) in [6, 6.07) is 15.7. The number of amides is 2. The smallest absolute Gasteiger partial charge is 0.262 e. The highest BCUT2D eigenvalue weighted by atomic mass is 79.9. The van der Waals surface area contributed by atoms with Gasteiger partial charge in [0.15, 0.2) is 0 Å². The van der Waals surface area contributed by atoms with Gasteiger partial charge in [0.2, 0.25) is 0 Å². The quantitative estimate of drug-likeness (QED) is 0.575. The molecule has 0 saturated heterocycles. The Morgan fingerprint density at radius 2 is 1.68 bits per heavy atom. The van der Waals surface area contributed by atoms with Crippen LogP contribution in [0, 0.1) is 5.92 Å². The minimum atomic E-state index is -0.672. The molecule has 130 valence electrons. The fourth-order valence-corrected chi connectivity index (χ4v) is 2.40. The average Bonchev–Trinajstić information content (AvgIpc) is 2.61. The van der Waals surface area contributed by atoms with Crippen LogP contribution in [0.4, 0.5) is 0 Å². The molecule has 0 aliphatic heterocycles. The molecule has 0 aliphatic rings. The van der Waals surface area contributed by atoms with E-state index in [4.69, 9.17) is 0 Å². The zero-order valence-corrected chi connectivity index (χ0v) is 15.7. The van der Waals surface area contributed by atoms with Crippen molar-refractivity contribution in [3.63, 3.8) is 0 Å². The van der Waals surface area contributed by atoms with Gasteiger partial charge < -0.3 is 5.32 Å². The van der Waals surface area contributed by atoms with Gasteiger partial charge in [-0.15, -0.1) is 0 Å². The van der Waals surface area contributed by atoms with Gasteiger partial charge in [-0.1, -0.05) is 60.1 Å². The van der Waals surface area contributed by atoms with Crippen molar-refractivity contribution in [3.8, 4) is 0 Å². The van der Waals surface area contributed by atoms with E-state index in [2.05, 4.69) is 31.8 Å². The van der Waals surface area contributed by atoms with Crippen LogP contribution >= 0.6 is 15.9 Å². The van der Waals surface area contributed by atoms with Gasteiger partial charge in [0.1, 0.15) is 6.04 Å². The van der Waals surface area contributed by atoms with Crippen molar-refractivity contribution in [3.05, 3.63) is 70.2 Å². The van der Waals surface area contributed by atoms with Gasteiger partial charge in [-0.05, 0) is 35.7 Å². The van der Waals surface area contributed by atoms with E-state index in [1.165, 1.54) is 0 Å². The first-order valence-electron chi connectivity index (χ1n) is 7.92. The number of nitrogens with one attached hydrogen (secondary N) is 2. The first-order chi connectivity index (χ1) is 12.0. The van der Waals surface area contributed by atoms with E-state index >= 15 is 0 Å². The molecule has 0 heterocycles. The van der Waals surface area contributed by atoms with Crippen molar-refractivity contribution in [2.75, 3.05) is 0 Å². The number of carbonyl (C=O) groups excluding carboxylic acids is 2. The maximum absolute atomic E-state index is 12.3. The third-order valence-corrected chi connectivity index (χ3v) is 4.06. The zero-order valence-electron chi connectivity index (χ0n) is 14.1. The topological polar surface area (TPSA) is 70.6 Å². The van der Waals surface area contributed by atoms with Crippen molar-refractivity contribution in [1.29, 1.82) is 0 Å². The van der Waals surface area contributed by atoms with Gasteiger partial charge in [0, 0.05) is 10.0 Å². The third kappa shape index (κ3) is 5.83. The predicted molar refractivity (Wildman–Crippen MR) is 102 cm³/mol. The molecule has 2 aromatic carbocycles. The largest absolute Gasteiger partial charge is 0.340 e. The number of benzene rings is 2. The van der Waals surface area contributed by atoms with Crippen LogP contribution in [0.2, 0.25) is 0 Å². The highest BCUT2D eigenvalue weighted by molar-refractivity contribution is 9.10. The minimum absolute atomic E-state index is 0.0736. The van der Waals surface area contributed by atoms with Crippen molar-refractivity contribution >= 4 is 34.0 Å². The second kappa shape index (κ2) is 9.13. The molecule has 0 radical (unpaired) electrons. The molecular formula is C19H20BrN3O2. The molecule has 0 aliphatic carbocycles. The minimum Gasteiger partial charge on any atom is -0.340 e. The lowest BCUT2D eigenvalue weighted by Crippen LogP contribution is -2.48. The fourth-order valence-electron chi connectivity index (χ4n) is 2.14. The summed E-state index contributed by atoms with van der Waals surface area (Å²) in [4.78, 5) is 24.6. The average molecular weight is 402 g/mol. The van der Waals surface area contributed by atoms with Gasteiger partial charge in [0.05, 0.1) is 6.21 Å². The first-order valence-corrected chi connectivity index (χ1v) is 8.71. The zero-order chi connectivity index (χ0) is 18.2. The summed E-state index contributed by atoms with van der Waals surface area (Å²) in [7, 11) is 0. The normalized spacial score (nSPS) is 12.2. The van der Waals surface area contributed by atoms with Gasteiger partial charge in [-0.25, -0.2) is 5.43 Å². The Balaban J connectivity index is 1.98. The lowest BCUT2D eigenvalue weighted by Gasteiger charge is -2.20. The lowest BCUT2D eigenvalue weighted by atomic mass is 10.0. The summed E-state index contributed by atoms with van der Waals surface area (Å²) in [5.74, 6) is -0.713. The Labute approximate surface area is 155 Å². The fraction of sp³-hybridized carbons (Fsp3) is 0.211. The van der Waals surface area contributed by atoms with Crippen LogP contribution in [-0.2, 0) is 4.79 Å².